The van der Waals surface area contributed by atoms with Gasteiger partial charge >= 0.3 is 0 Å². The molecule has 0 spiro atoms. The van der Waals surface area contributed by atoms with E-state index in [4.69, 9.17) is 9.15 Å². The number of rotatable bonds is 9. The number of aryl methyl sites for hydroxylation is 2. The van der Waals surface area contributed by atoms with Gasteiger partial charge < -0.3 is 19.0 Å². The highest BCUT2D eigenvalue weighted by Gasteiger charge is 2.17. The molecule has 6 nitrogen and oxygen atoms in total. The van der Waals surface area contributed by atoms with E-state index in [0.29, 0.717) is 17.0 Å². The van der Waals surface area contributed by atoms with E-state index in [0.717, 1.165) is 24.4 Å². The molecule has 3 heterocycles. The first-order chi connectivity index (χ1) is 15.5. The van der Waals surface area contributed by atoms with E-state index < -0.39 is 0 Å². The van der Waals surface area contributed by atoms with E-state index in [1.165, 1.54) is 11.1 Å². The van der Waals surface area contributed by atoms with Crippen LogP contribution in [0.3, 0.4) is 0 Å². The lowest BCUT2D eigenvalue weighted by atomic mass is 10.1. The topological polar surface area (TPSA) is 73.5 Å². The maximum absolute atomic E-state index is 12.8. The molecular formula is C25H24N2O4S. The Hall–Kier alpha value is -3.58. The SMILES string of the molecule is Cc1cc(C(=O)COc2cccc(NC(=O)c3ccco3)c2)c(C)n1CCc1cccs1. The van der Waals surface area contributed by atoms with E-state index in [9.17, 15) is 9.59 Å². The number of furan rings is 1. The fraction of sp³-hybridized carbons (Fsp3) is 0.200. The fourth-order valence-corrected chi connectivity index (χ4v) is 4.29. The summed E-state index contributed by atoms with van der Waals surface area (Å²) in [7, 11) is 0. The van der Waals surface area contributed by atoms with E-state index in [1.54, 1.807) is 47.7 Å². The third-order valence-corrected chi connectivity index (χ3v) is 6.18. The van der Waals surface area contributed by atoms with E-state index >= 15 is 0 Å². The number of carbonyl (C=O) groups excluding carboxylic acids is 2. The molecule has 0 atom stereocenters. The van der Waals surface area contributed by atoms with Crippen LogP contribution in [0, 0.1) is 13.8 Å². The van der Waals surface area contributed by atoms with Crippen molar-refractivity contribution in [3.05, 3.63) is 93.8 Å². The third-order valence-electron chi connectivity index (χ3n) is 5.24. The maximum atomic E-state index is 12.8. The van der Waals surface area contributed by atoms with Crippen molar-refractivity contribution >= 4 is 28.7 Å². The average Bonchev–Trinajstić information content (AvgIpc) is 3.54. The monoisotopic (exact) mass is 448 g/mol. The zero-order valence-electron chi connectivity index (χ0n) is 18.0. The molecule has 4 rings (SSSR count). The summed E-state index contributed by atoms with van der Waals surface area (Å²) >= 11 is 1.74. The molecule has 0 fully saturated rings. The minimum absolute atomic E-state index is 0.0782. The first-order valence-corrected chi connectivity index (χ1v) is 11.2. The van der Waals surface area contributed by atoms with Crippen LogP contribution in [0.15, 0.2) is 70.7 Å². The minimum Gasteiger partial charge on any atom is -0.485 e. The summed E-state index contributed by atoms with van der Waals surface area (Å²) in [6.07, 6.45) is 2.38. The van der Waals surface area contributed by atoms with Crippen LogP contribution in [0.4, 0.5) is 5.69 Å². The van der Waals surface area contributed by atoms with Gasteiger partial charge in [0.2, 0.25) is 5.78 Å². The Labute approximate surface area is 190 Å². The van der Waals surface area contributed by atoms with Crippen LogP contribution >= 0.6 is 11.3 Å². The van der Waals surface area contributed by atoms with Gasteiger partial charge in [0.1, 0.15) is 5.75 Å². The molecule has 1 aromatic carbocycles. The van der Waals surface area contributed by atoms with Gasteiger partial charge in [0.15, 0.2) is 12.4 Å². The van der Waals surface area contributed by atoms with Crippen LogP contribution in [-0.4, -0.2) is 22.9 Å². The number of nitrogens with one attached hydrogen (secondary N) is 1. The summed E-state index contributed by atoms with van der Waals surface area (Å²) in [6.45, 7) is 4.75. The van der Waals surface area contributed by atoms with Crippen molar-refractivity contribution in [3.8, 4) is 5.75 Å². The number of ether oxygens (including phenoxy) is 1. The van der Waals surface area contributed by atoms with Crippen LogP contribution in [-0.2, 0) is 13.0 Å². The smallest absolute Gasteiger partial charge is 0.291 e. The molecule has 1 amide bonds. The van der Waals surface area contributed by atoms with Crippen LogP contribution in [0.2, 0.25) is 0 Å². The molecule has 32 heavy (non-hydrogen) atoms. The van der Waals surface area contributed by atoms with E-state index in [1.807, 2.05) is 19.9 Å². The predicted octanol–water partition coefficient (Wildman–Crippen LogP) is 5.52. The number of anilines is 1. The number of benzene rings is 1. The minimum atomic E-state index is -0.349. The van der Waals surface area contributed by atoms with Gasteiger partial charge in [-0.15, -0.1) is 11.3 Å². The van der Waals surface area contributed by atoms with Crippen molar-refractivity contribution in [2.75, 3.05) is 11.9 Å². The standard InChI is InChI=1S/C25H24N2O4S/c1-17-14-22(18(2)27(17)11-10-21-8-5-13-32-21)23(28)16-31-20-7-3-6-19(15-20)26-25(29)24-9-4-12-30-24/h3-9,12-15H,10-11,16H2,1-2H3,(H,26,29). The highest BCUT2D eigenvalue weighted by atomic mass is 32.1. The number of hydrogen-bond donors (Lipinski definition) is 1. The zero-order valence-corrected chi connectivity index (χ0v) is 18.8. The molecule has 0 aliphatic rings. The summed E-state index contributed by atoms with van der Waals surface area (Å²) in [5, 5.41) is 4.83. The summed E-state index contributed by atoms with van der Waals surface area (Å²) in [5.74, 6) is 0.298. The van der Waals surface area contributed by atoms with Gasteiger partial charge in [0.25, 0.3) is 5.91 Å². The first kappa shape index (κ1) is 21.6. The summed E-state index contributed by atoms with van der Waals surface area (Å²) in [5.41, 5.74) is 3.25. The Balaban J connectivity index is 1.37. The van der Waals surface area contributed by atoms with E-state index in [2.05, 4.69) is 27.4 Å². The number of carbonyl (C=O) groups is 2. The van der Waals surface area contributed by atoms with Gasteiger partial charge in [0, 0.05) is 40.1 Å². The van der Waals surface area contributed by atoms with E-state index in [-0.39, 0.29) is 24.1 Å². The average molecular weight is 449 g/mol. The van der Waals surface area contributed by atoms with Crippen LogP contribution in [0.5, 0.6) is 5.75 Å². The Bertz CT molecular complexity index is 1210. The second kappa shape index (κ2) is 9.70. The molecule has 164 valence electrons. The summed E-state index contributed by atoms with van der Waals surface area (Å²) in [6, 6.07) is 16.3. The van der Waals surface area contributed by atoms with Gasteiger partial charge in [-0.3, -0.25) is 9.59 Å². The van der Waals surface area contributed by atoms with Crippen LogP contribution < -0.4 is 10.1 Å². The molecule has 0 radical (unpaired) electrons. The number of ketones is 1. The normalized spacial score (nSPS) is 10.8. The lowest BCUT2D eigenvalue weighted by Gasteiger charge is -2.10. The van der Waals surface area contributed by atoms with Gasteiger partial charge in [0.05, 0.1) is 6.26 Å². The highest BCUT2D eigenvalue weighted by molar-refractivity contribution is 7.09. The zero-order chi connectivity index (χ0) is 22.5. The van der Waals surface area contributed by atoms with Gasteiger partial charge in [-0.2, -0.15) is 0 Å². The molecule has 3 aromatic heterocycles. The molecule has 1 N–H and O–H groups in total. The first-order valence-electron chi connectivity index (χ1n) is 10.3. The molecular weight excluding hydrogens is 424 g/mol. The van der Waals surface area contributed by atoms with Crippen molar-refractivity contribution in [1.29, 1.82) is 0 Å². The largest absolute Gasteiger partial charge is 0.485 e. The van der Waals surface area contributed by atoms with Crippen molar-refractivity contribution in [2.45, 2.75) is 26.8 Å². The van der Waals surface area contributed by atoms with Gasteiger partial charge in [-0.05, 0) is 62.0 Å². The fourth-order valence-electron chi connectivity index (χ4n) is 3.60. The number of amides is 1. The maximum Gasteiger partial charge on any atom is 0.291 e. The number of nitrogens with zero attached hydrogens (tertiary/aromatic N) is 1. The van der Waals surface area contributed by atoms with Gasteiger partial charge in [-0.25, -0.2) is 0 Å². The molecule has 0 aliphatic carbocycles. The number of Topliss-reactive ketones (excluding diaryl/α,β-unsaturated/α-hetero) is 1. The molecule has 0 unspecified atom stereocenters. The molecule has 0 saturated heterocycles. The van der Waals surface area contributed by atoms with Crippen LogP contribution in [0.25, 0.3) is 0 Å². The molecule has 4 aromatic rings. The summed E-state index contributed by atoms with van der Waals surface area (Å²) < 4.78 is 13.0. The predicted molar refractivity (Wildman–Crippen MR) is 125 cm³/mol. The second-order valence-electron chi connectivity index (χ2n) is 7.44. The quantitative estimate of drug-likeness (QED) is 0.342. The molecule has 0 bridgehead atoms. The molecule has 0 saturated carbocycles. The number of aromatic nitrogens is 1. The van der Waals surface area contributed by atoms with Gasteiger partial charge in [-0.1, -0.05) is 12.1 Å². The summed E-state index contributed by atoms with van der Waals surface area (Å²) in [4.78, 5) is 26.3. The van der Waals surface area contributed by atoms with Crippen molar-refractivity contribution in [2.24, 2.45) is 0 Å². The Morgan fingerprint density at radius 1 is 1.09 bits per heavy atom. The Kier molecular flexibility index (Phi) is 6.56. The lowest BCUT2D eigenvalue weighted by molar-refractivity contribution is 0.0920. The van der Waals surface area contributed by atoms with Crippen molar-refractivity contribution < 1.29 is 18.7 Å². The highest BCUT2D eigenvalue weighted by Crippen LogP contribution is 2.21. The van der Waals surface area contributed by atoms with Crippen molar-refractivity contribution in [1.82, 2.24) is 4.57 Å². The van der Waals surface area contributed by atoms with Crippen molar-refractivity contribution in [3.63, 3.8) is 0 Å². The third kappa shape index (κ3) is 5.00. The molecule has 7 heteroatoms. The Morgan fingerprint density at radius 3 is 2.72 bits per heavy atom. The van der Waals surface area contributed by atoms with Crippen LogP contribution in [0.1, 0.15) is 37.2 Å². The Morgan fingerprint density at radius 2 is 1.97 bits per heavy atom. The number of thiophene rings is 1. The second-order valence-corrected chi connectivity index (χ2v) is 8.47. The number of hydrogen-bond acceptors (Lipinski definition) is 5. The lowest BCUT2D eigenvalue weighted by Crippen LogP contribution is -2.14. The molecule has 0 aliphatic heterocycles.